The molecule has 0 radical (unpaired) electrons. The van der Waals surface area contributed by atoms with Crippen LogP contribution in [0.3, 0.4) is 0 Å². The highest BCUT2D eigenvalue weighted by Crippen LogP contribution is 2.37. The van der Waals surface area contributed by atoms with E-state index < -0.39 is 39.7 Å². The van der Waals surface area contributed by atoms with Gasteiger partial charge < -0.3 is 14.6 Å². The van der Waals surface area contributed by atoms with Crippen molar-refractivity contribution in [2.75, 3.05) is 5.32 Å². The second-order valence-corrected chi connectivity index (χ2v) is 14.5. The average molecular weight is 664 g/mol. The monoisotopic (exact) mass is 663 g/mol. The molecule has 1 aliphatic rings. The number of hydrogen-bond donors (Lipinski definition) is 1. The minimum absolute atomic E-state index is 0.0711. The maximum Gasteiger partial charge on any atom is 0.497 e. The number of fused-ring (bicyclic) bond motifs is 1. The van der Waals surface area contributed by atoms with E-state index in [0.717, 1.165) is 11.8 Å². The maximum atomic E-state index is 13.3. The summed E-state index contributed by atoms with van der Waals surface area (Å²) in [6.07, 6.45) is 3.90. The van der Waals surface area contributed by atoms with E-state index in [1.807, 2.05) is 34.6 Å². The minimum atomic E-state index is -3.86. The Morgan fingerprint density at radius 3 is 2.20 bits per heavy atom. The lowest BCUT2D eigenvalue weighted by molar-refractivity contribution is -0.120. The summed E-state index contributed by atoms with van der Waals surface area (Å²) in [5.41, 5.74) is -0.187. The van der Waals surface area contributed by atoms with Gasteiger partial charge in [-0.05, 0) is 85.2 Å². The standard InChI is InChI=1S/C20H22BClN2O4S.C9H11ClFN3O/c1-13-6-8-15(9-7-13)29(25,26)24-12-17(16-10-14(22)11-23-18(16)24)21-27-19(2,3)20(4,5)28-21;1-5(15)9(2,3)14-7-6(11)4-12-8(10)13-7/h6-12H,1-5H3;4H,1-3H3,(H,12,13,14). The summed E-state index contributed by atoms with van der Waals surface area (Å²) < 4.78 is 53.3. The number of Topliss-reactive ketones (excluding diaryl/α,β-unsaturated/α-hetero) is 1. The molecule has 0 aliphatic carbocycles. The molecule has 0 spiro atoms. The second kappa shape index (κ2) is 12.0. The van der Waals surface area contributed by atoms with Gasteiger partial charge in [0.15, 0.2) is 23.1 Å². The minimum Gasteiger partial charge on any atom is -0.399 e. The Kier molecular flexibility index (Phi) is 9.23. The van der Waals surface area contributed by atoms with Crippen molar-refractivity contribution in [2.24, 2.45) is 0 Å². The fourth-order valence-electron chi connectivity index (χ4n) is 4.06. The zero-order chi connectivity index (χ0) is 32.8. The van der Waals surface area contributed by atoms with E-state index in [1.165, 1.54) is 23.3 Å². The van der Waals surface area contributed by atoms with Crippen LogP contribution in [0.2, 0.25) is 10.3 Å². The fourth-order valence-corrected chi connectivity index (χ4v) is 5.68. The molecular formula is C29H33BCl2FN5O5S. The van der Waals surface area contributed by atoms with Gasteiger partial charge in [-0.3, -0.25) is 4.79 Å². The van der Waals surface area contributed by atoms with Crippen molar-refractivity contribution in [2.45, 2.75) is 77.0 Å². The molecular weight excluding hydrogens is 631 g/mol. The number of carbonyl (C=O) groups excluding carboxylic acids is 1. The predicted octanol–water partition coefficient (Wildman–Crippen LogP) is 5.58. The normalized spacial score (nSPS) is 16.0. The zero-order valence-electron chi connectivity index (χ0n) is 25.6. The molecule has 0 unspecified atom stereocenters. The number of hydrogen-bond acceptors (Lipinski definition) is 9. The van der Waals surface area contributed by atoms with E-state index in [0.29, 0.717) is 15.9 Å². The van der Waals surface area contributed by atoms with Gasteiger partial charge in [-0.25, -0.2) is 26.7 Å². The number of aryl methyl sites for hydroxylation is 1. The molecule has 1 aromatic carbocycles. The molecule has 1 N–H and O–H groups in total. The van der Waals surface area contributed by atoms with Crippen molar-refractivity contribution in [3.8, 4) is 0 Å². The zero-order valence-corrected chi connectivity index (χ0v) is 27.9. The highest BCUT2D eigenvalue weighted by atomic mass is 35.5. The summed E-state index contributed by atoms with van der Waals surface area (Å²) >= 11 is 11.7. The second-order valence-electron chi connectivity index (χ2n) is 12.0. The highest BCUT2D eigenvalue weighted by Gasteiger charge is 2.52. The third kappa shape index (κ3) is 6.76. The van der Waals surface area contributed by atoms with E-state index in [4.69, 9.17) is 32.5 Å². The van der Waals surface area contributed by atoms with Gasteiger partial charge in [0, 0.05) is 23.2 Å². The van der Waals surface area contributed by atoms with Gasteiger partial charge in [0.05, 0.1) is 32.9 Å². The van der Waals surface area contributed by atoms with Crippen molar-refractivity contribution in [1.82, 2.24) is 18.9 Å². The van der Waals surface area contributed by atoms with Crippen molar-refractivity contribution < 1.29 is 26.9 Å². The van der Waals surface area contributed by atoms with Crippen LogP contribution in [0.4, 0.5) is 10.2 Å². The molecule has 3 aromatic heterocycles. The van der Waals surface area contributed by atoms with Gasteiger partial charge in [-0.15, -0.1) is 0 Å². The first kappa shape index (κ1) is 33.8. The van der Waals surface area contributed by atoms with Crippen LogP contribution in [-0.4, -0.2) is 57.0 Å². The summed E-state index contributed by atoms with van der Waals surface area (Å²) in [4.78, 5) is 22.8. The fraction of sp³-hybridized carbons (Fsp3) is 0.379. The lowest BCUT2D eigenvalue weighted by atomic mass is 9.79. The van der Waals surface area contributed by atoms with Crippen LogP contribution in [0, 0.1) is 12.7 Å². The molecule has 1 saturated heterocycles. The van der Waals surface area contributed by atoms with Crippen LogP contribution in [0.5, 0.6) is 0 Å². The summed E-state index contributed by atoms with van der Waals surface area (Å²) in [6.45, 7) is 14.4. The Hall–Kier alpha value is -3.10. The summed E-state index contributed by atoms with van der Waals surface area (Å²) in [7, 11) is -4.60. The van der Waals surface area contributed by atoms with E-state index in [1.54, 1.807) is 44.2 Å². The number of ketones is 1. The SMILES string of the molecule is CC(=O)C(C)(C)Nc1nc(Cl)ncc1F.Cc1ccc(S(=O)(=O)n2cc(B3OC(C)(C)C(C)(C)O3)c3cc(Cl)cnc32)cc1. The molecule has 0 atom stereocenters. The molecule has 15 heteroatoms. The molecule has 4 heterocycles. The van der Waals surface area contributed by atoms with Gasteiger partial charge in [0.2, 0.25) is 5.28 Å². The molecule has 0 saturated carbocycles. The molecule has 5 rings (SSSR count). The number of nitrogens with zero attached hydrogens (tertiary/aromatic N) is 4. The first-order valence-corrected chi connectivity index (χ1v) is 15.8. The molecule has 234 valence electrons. The molecule has 10 nitrogen and oxygen atoms in total. The Bertz CT molecular complexity index is 1820. The van der Waals surface area contributed by atoms with Gasteiger partial charge >= 0.3 is 7.12 Å². The van der Waals surface area contributed by atoms with Crippen LogP contribution < -0.4 is 10.8 Å². The molecule has 1 aliphatic heterocycles. The topological polar surface area (TPSA) is 125 Å². The largest absolute Gasteiger partial charge is 0.497 e. The van der Waals surface area contributed by atoms with Gasteiger partial charge in [-0.1, -0.05) is 29.3 Å². The maximum absolute atomic E-state index is 13.3. The summed E-state index contributed by atoms with van der Waals surface area (Å²) in [6, 6.07) is 8.38. The molecule has 0 amide bonds. The average Bonchev–Trinajstić information content (AvgIpc) is 3.39. The van der Waals surface area contributed by atoms with Crippen molar-refractivity contribution in [3.63, 3.8) is 0 Å². The number of rotatable bonds is 6. The number of nitrogens with one attached hydrogen (secondary N) is 1. The van der Waals surface area contributed by atoms with Crippen molar-refractivity contribution in [3.05, 3.63) is 70.6 Å². The van der Waals surface area contributed by atoms with Crippen LogP contribution >= 0.6 is 23.2 Å². The third-order valence-corrected chi connectivity index (χ3v) is 9.77. The quantitative estimate of drug-likeness (QED) is 0.208. The molecule has 44 heavy (non-hydrogen) atoms. The van der Waals surface area contributed by atoms with Crippen molar-refractivity contribution >= 4 is 68.4 Å². The highest BCUT2D eigenvalue weighted by molar-refractivity contribution is 7.90. The Morgan fingerprint density at radius 2 is 1.64 bits per heavy atom. The summed E-state index contributed by atoms with van der Waals surface area (Å²) in [5.74, 6) is -0.847. The van der Waals surface area contributed by atoms with E-state index >= 15 is 0 Å². The predicted molar refractivity (Wildman–Crippen MR) is 170 cm³/mol. The van der Waals surface area contributed by atoms with Gasteiger partial charge in [-0.2, -0.15) is 4.98 Å². The van der Waals surface area contributed by atoms with Gasteiger partial charge in [0.1, 0.15) is 0 Å². The Morgan fingerprint density at radius 1 is 1.05 bits per heavy atom. The first-order chi connectivity index (χ1) is 20.2. The summed E-state index contributed by atoms with van der Waals surface area (Å²) in [5, 5.41) is 3.57. The number of pyridine rings is 1. The van der Waals surface area contributed by atoms with Crippen LogP contribution in [0.1, 0.15) is 54.0 Å². The van der Waals surface area contributed by atoms with E-state index in [-0.39, 0.29) is 27.4 Å². The Balaban J connectivity index is 0.000000249. The van der Waals surface area contributed by atoms with E-state index in [9.17, 15) is 17.6 Å². The third-order valence-electron chi connectivity index (χ3n) is 7.72. The number of benzene rings is 1. The molecule has 0 bridgehead atoms. The van der Waals surface area contributed by atoms with Crippen molar-refractivity contribution in [1.29, 1.82) is 0 Å². The van der Waals surface area contributed by atoms with E-state index in [2.05, 4.69) is 20.3 Å². The lowest BCUT2D eigenvalue weighted by Gasteiger charge is -2.32. The molecule has 1 fully saturated rings. The number of anilines is 1. The van der Waals surface area contributed by atoms with Gasteiger partial charge in [0.25, 0.3) is 10.0 Å². The van der Waals surface area contributed by atoms with Crippen LogP contribution in [0.15, 0.2) is 53.8 Å². The van der Waals surface area contributed by atoms with Crippen LogP contribution in [-0.2, 0) is 24.1 Å². The molecule has 4 aromatic rings. The number of carbonyl (C=O) groups is 1. The smallest absolute Gasteiger partial charge is 0.399 e. The first-order valence-electron chi connectivity index (χ1n) is 13.6. The lowest BCUT2D eigenvalue weighted by Crippen LogP contribution is -2.41. The number of aromatic nitrogens is 4. The number of halogens is 3. The van der Waals surface area contributed by atoms with Crippen LogP contribution in [0.25, 0.3) is 11.0 Å². The Labute approximate surface area is 266 Å².